The van der Waals surface area contributed by atoms with Gasteiger partial charge in [0.25, 0.3) is 5.91 Å². The normalized spacial score (nSPS) is 12.0. The number of anilines is 1. The summed E-state index contributed by atoms with van der Waals surface area (Å²) in [6.07, 6.45) is 1.35. The highest BCUT2D eigenvalue weighted by atomic mass is 16.3. The molecule has 0 radical (unpaired) electrons. The zero-order valence-corrected chi connectivity index (χ0v) is 14.8. The summed E-state index contributed by atoms with van der Waals surface area (Å²) in [6.45, 7) is 1.95. The molecular formula is C22H19N3O2. The maximum Gasteiger partial charge on any atom is 0.273 e. The van der Waals surface area contributed by atoms with E-state index in [-0.39, 0.29) is 17.6 Å². The van der Waals surface area contributed by atoms with E-state index >= 15 is 0 Å². The Morgan fingerprint density at radius 3 is 2.63 bits per heavy atom. The van der Waals surface area contributed by atoms with E-state index in [9.17, 15) is 4.79 Å². The number of fused-ring (bicyclic) bond motifs is 1. The Hall–Kier alpha value is -3.60. The number of benzene rings is 3. The van der Waals surface area contributed by atoms with Crippen LogP contribution in [0.2, 0.25) is 0 Å². The molecule has 1 aromatic heterocycles. The van der Waals surface area contributed by atoms with Crippen molar-refractivity contribution in [2.75, 3.05) is 5.73 Å². The third kappa shape index (κ3) is 3.27. The number of nitrogens with zero attached hydrogens (tertiary/aromatic N) is 1. The number of rotatable bonds is 4. The van der Waals surface area contributed by atoms with Crippen molar-refractivity contribution in [3.05, 3.63) is 84.3 Å². The predicted molar refractivity (Wildman–Crippen MR) is 106 cm³/mol. The zero-order chi connectivity index (χ0) is 18.8. The van der Waals surface area contributed by atoms with Crippen molar-refractivity contribution in [1.82, 2.24) is 10.3 Å². The van der Waals surface area contributed by atoms with Gasteiger partial charge in [-0.25, -0.2) is 4.98 Å². The highest BCUT2D eigenvalue weighted by Crippen LogP contribution is 2.26. The van der Waals surface area contributed by atoms with Crippen molar-refractivity contribution < 1.29 is 9.21 Å². The van der Waals surface area contributed by atoms with Crippen LogP contribution in [-0.4, -0.2) is 10.9 Å². The number of para-hydroxylation sites is 1. The van der Waals surface area contributed by atoms with Gasteiger partial charge in [0.05, 0.1) is 11.6 Å². The quantitative estimate of drug-likeness (QED) is 0.524. The van der Waals surface area contributed by atoms with Crippen LogP contribution in [0, 0.1) is 0 Å². The minimum Gasteiger partial charge on any atom is -0.444 e. The van der Waals surface area contributed by atoms with Gasteiger partial charge in [0.15, 0.2) is 5.69 Å². The second-order valence-corrected chi connectivity index (χ2v) is 6.39. The molecule has 3 N–H and O–H groups in total. The Balaban J connectivity index is 1.57. The van der Waals surface area contributed by atoms with Crippen LogP contribution in [0.3, 0.4) is 0 Å². The number of nitrogens with one attached hydrogen (secondary N) is 1. The van der Waals surface area contributed by atoms with Crippen molar-refractivity contribution in [2.24, 2.45) is 0 Å². The molecule has 0 aliphatic rings. The van der Waals surface area contributed by atoms with Gasteiger partial charge in [-0.2, -0.15) is 0 Å². The molecule has 0 aliphatic carbocycles. The zero-order valence-electron chi connectivity index (χ0n) is 14.8. The van der Waals surface area contributed by atoms with E-state index in [0.29, 0.717) is 17.1 Å². The molecule has 0 spiro atoms. The van der Waals surface area contributed by atoms with E-state index < -0.39 is 0 Å². The Labute approximate surface area is 156 Å². The molecule has 4 aromatic rings. The van der Waals surface area contributed by atoms with Gasteiger partial charge in [0.2, 0.25) is 5.89 Å². The number of nitrogens with two attached hydrogens (primary N) is 1. The number of oxazole rings is 1. The summed E-state index contributed by atoms with van der Waals surface area (Å²) in [7, 11) is 0. The number of carbonyl (C=O) groups excluding carboxylic acids is 1. The first-order valence-electron chi connectivity index (χ1n) is 8.72. The molecule has 5 nitrogen and oxygen atoms in total. The lowest BCUT2D eigenvalue weighted by molar-refractivity contribution is 0.0935. The van der Waals surface area contributed by atoms with E-state index in [1.165, 1.54) is 6.26 Å². The Morgan fingerprint density at radius 2 is 1.78 bits per heavy atom. The SMILES string of the molecule is CC(NC(=O)c1coc(-c2ccccc2N)n1)c1cccc2ccccc12. The summed E-state index contributed by atoms with van der Waals surface area (Å²) in [5.41, 5.74) is 8.44. The van der Waals surface area contributed by atoms with Crippen LogP contribution in [0.25, 0.3) is 22.2 Å². The van der Waals surface area contributed by atoms with E-state index in [4.69, 9.17) is 10.2 Å². The first-order chi connectivity index (χ1) is 13.1. The average Bonchev–Trinajstić information content (AvgIpc) is 3.18. The summed E-state index contributed by atoms with van der Waals surface area (Å²) < 4.78 is 5.46. The largest absolute Gasteiger partial charge is 0.444 e. The smallest absolute Gasteiger partial charge is 0.273 e. The Morgan fingerprint density at radius 1 is 1.04 bits per heavy atom. The number of hydrogen-bond acceptors (Lipinski definition) is 4. The van der Waals surface area contributed by atoms with Gasteiger partial charge in [0.1, 0.15) is 6.26 Å². The van der Waals surface area contributed by atoms with E-state index in [2.05, 4.69) is 28.5 Å². The third-order valence-electron chi connectivity index (χ3n) is 4.57. The highest BCUT2D eigenvalue weighted by Gasteiger charge is 2.18. The van der Waals surface area contributed by atoms with Crippen molar-refractivity contribution in [3.8, 4) is 11.5 Å². The second kappa shape index (κ2) is 6.96. The van der Waals surface area contributed by atoms with Crippen LogP contribution >= 0.6 is 0 Å². The maximum atomic E-state index is 12.6. The minimum atomic E-state index is -0.292. The molecule has 27 heavy (non-hydrogen) atoms. The Kier molecular flexibility index (Phi) is 4.34. The fourth-order valence-corrected chi connectivity index (χ4v) is 3.17. The summed E-state index contributed by atoms with van der Waals surface area (Å²) in [4.78, 5) is 16.9. The van der Waals surface area contributed by atoms with Gasteiger partial charge in [-0.15, -0.1) is 0 Å². The van der Waals surface area contributed by atoms with Crippen molar-refractivity contribution in [1.29, 1.82) is 0 Å². The number of amides is 1. The fourth-order valence-electron chi connectivity index (χ4n) is 3.17. The molecule has 1 atom stereocenters. The van der Waals surface area contributed by atoms with Crippen LogP contribution in [0.1, 0.15) is 29.0 Å². The third-order valence-corrected chi connectivity index (χ3v) is 4.57. The van der Waals surface area contributed by atoms with Crippen LogP contribution < -0.4 is 11.1 Å². The lowest BCUT2D eigenvalue weighted by Crippen LogP contribution is -2.27. The molecule has 1 unspecified atom stereocenters. The van der Waals surface area contributed by atoms with Crippen LogP contribution in [-0.2, 0) is 0 Å². The van der Waals surface area contributed by atoms with Gasteiger partial charge in [-0.1, -0.05) is 54.6 Å². The standard InChI is InChI=1S/C22H19N3O2/c1-14(16-11-6-8-15-7-2-3-9-17(15)16)24-21(26)20-13-27-22(25-20)18-10-4-5-12-19(18)23/h2-14H,23H2,1H3,(H,24,26). The molecule has 0 aliphatic heterocycles. The lowest BCUT2D eigenvalue weighted by atomic mass is 9.99. The Bertz CT molecular complexity index is 1110. The van der Waals surface area contributed by atoms with E-state index in [1.807, 2.05) is 49.4 Å². The predicted octanol–water partition coefficient (Wildman–Crippen LogP) is 4.57. The molecule has 0 saturated carbocycles. The van der Waals surface area contributed by atoms with Gasteiger partial charge in [0, 0.05) is 5.69 Å². The average molecular weight is 357 g/mol. The number of hydrogen-bond donors (Lipinski definition) is 2. The monoisotopic (exact) mass is 357 g/mol. The van der Waals surface area contributed by atoms with E-state index in [1.54, 1.807) is 6.07 Å². The number of carbonyl (C=O) groups is 1. The molecule has 3 aromatic carbocycles. The van der Waals surface area contributed by atoms with Gasteiger partial charge < -0.3 is 15.5 Å². The first-order valence-corrected chi connectivity index (χ1v) is 8.72. The van der Waals surface area contributed by atoms with Crippen LogP contribution in [0.5, 0.6) is 0 Å². The number of aromatic nitrogens is 1. The van der Waals surface area contributed by atoms with Gasteiger partial charge >= 0.3 is 0 Å². The summed E-state index contributed by atoms with van der Waals surface area (Å²) in [5, 5.41) is 5.25. The van der Waals surface area contributed by atoms with E-state index in [0.717, 1.165) is 16.3 Å². The molecule has 134 valence electrons. The summed E-state index contributed by atoms with van der Waals surface area (Å²) in [5.74, 6) is 0.0380. The van der Waals surface area contributed by atoms with Gasteiger partial charge in [-0.05, 0) is 35.4 Å². The summed E-state index contributed by atoms with van der Waals surface area (Å²) in [6, 6.07) is 21.3. The molecule has 0 fully saturated rings. The second-order valence-electron chi connectivity index (χ2n) is 6.39. The van der Waals surface area contributed by atoms with Crippen LogP contribution in [0.15, 0.2) is 77.4 Å². The molecule has 1 heterocycles. The fraction of sp³-hybridized carbons (Fsp3) is 0.0909. The topological polar surface area (TPSA) is 81.2 Å². The molecule has 1 amide bonds. The molecular weight excluding hydrogens is 338 g/mol. The maximum absolute atomic E-state index is 12.6. The van der Waals surface area contributed by atoms with Crippen molar-refractivity contribution in [3.63, 3.8) is 0 Å². The molecule has 4 rings (SSSR count). The summed E-state index contributed by atoms with van der Waals surface area (Å²) >= 11 is 0. The van der Waals surface area contributed by atoms with Crippen molar-refractivity contribution >= 4 is 22.4 Å². The number of nitrogen functional groups attached to an aromatic ring is 1. The lowest BCUT2D eigenvalue weighted by Gasteiger charge is -2.15. The van der Waals surface area contributed by atoms with Gasteiger partial charge in [-0.3, -0.25) is 4.79 Å². The highest BCUT2D eigenvalue weighted by molar-refractivity contribution is 5.93. The van der Waals surface area contributed by atoms with Crippen LogP contribution in [0.4, 0.5) is 5.69 Å². The first kappa shape index (κ1) is 16.8. The minimum absolute atomic E-state index is 0.175. The molecule has 0 bridgehead atoms. The molecule has 0 saturated heterocycles. The van der Waals surface area contributed by atoms with Crippen molar-refractivity contribution in [2.45, 2.75) is 13.0 Å². The molecule has 5 heteroatoms.